The molecule has 7 nitrogen and oxygen atoms in total. The smallest absolute Gasteiger partial charge is 0.239 e. The normalized spacial score (nSPS) is 14.8. The molecule has 0 radical (unpaired) electrons. The first-order valence-corrected chi connectivity index (χ1v) is 9.26. The van der Waals surface area contributed by atoms with Crippen LogP contribution < -0.4 is 25.4 Å². The second-order valence-electron chi connectivity index (χ2n) is 6.48. The van der Waals surface area contributed by atoms with E-state index in [0.717, 1.165) is 23.5 Å². The molecule has 0 aliphatic carbocycles. The quantitative estimate of drug-likeness (QED) is 0.302. The Morgan fingerprint density at radius 1 is 1.14 bits per heavy atom. The van der Waals surface area contributed by atoms with E-state index in [9.17, 15) is 4.79 Å². The summed E-state index contributed by atoms with van der Waals surface area (Å²) >= 11 is 0. The van der Waals surface area contributed by atoms with Crippen molar-refractivity contribution in [2.24, 2.45) is 4.99 Å². The zero-order valence-corrected chi connectivity index (χ0v) is 18.9. The molecule has 156 valence electrons. The highest BCUT2D eigenvalue weighted by Gasteiger charge is 2.22. The predicted molar refractivity (Wildman–Crippen MR) is 124 cm³/mol. The number of para-hydroxylation sites is 1. The third kappa shape index (κ3) is 6.81. The molecule has 0 saturated heterocycles. The van der Waals surface area contributed by atoms with E-state index < -0.39 is 0 Å². The fourth-order valence-corrected chi connectivity index (χ4v) is 2.97. The molecule has 1 aliphatic heterocycles. The second kappa shape index (κ2) is 11.5. The van der Waals surface area contributed by atoms with Gasteiger partial charge in [0.1, 0.15) is 17.6 Å². The van der Waals surface area contributed by atoms with Gasteiger partial charge in [-0.15, -0.1) is 24.0 Å². The molecule has 2 aromatic rings. The van der Waals surface area contributed by atoms with E-state index in [2.05, 4.69) is 27.0 Å². The Kier molecular flexibility index (Phi) is 9.04. The summed E-state index contributed by atoms with van der Waals surface area (Å²) in [6.07, 6.45) is 0.919. The molecule has 0 spiro atoms. The highest BCUT2D eigenvalue weighted by Crippen LogP contribution is 2.27. The van der Waals surface area contributed by atoms with Gasteiger partial charge in [-0.2, -0.15) is 0 Å². The molecule has 1 aliphatic rings. The number of nitrogens with one attached hydrogen (secondary N) is 3. The number of ether oxygens (including phenoxy) is 2. The zero-order valence-electron chi connectivity index (χ0n) is 16.6. The fraction of sp³-hybridized carbons (Fsp3) is 0.333. The topological polar surface area (TPSA) is 84.0 Å². The fourth-order valence-electron chi connectivity index (χ4n) is 2.97. The van der Waals surface area contributed by atoms with Crippen molar-refractivity contribution in [1.29, 1.82) is 0 Å². The van der Waals surface area contributed by atoms with Crippen molar-refractivity contribution < 1.29 is 14.3 Å². The number of rotatable bonds is 7. The number of carbonyl (C=O) groups is 1. The van der Waals surface area contributed by atoms with Crippen LogP contribution in [-0.4, -0.2) is 45.2 Å². The monoisotopic (exact) mass is 510 g/mol. The average Bonchev–Trinajstić information content (AvgIpc) is 3.15. The number of nitrogens with zero attached hydrogens (tertiary/aromatic N) is 1. The molecule has 1 heterocycles. The number of guanidine groups is 1. The molecule has 1 amide bonds. The van der Waals surface area contributed by atoms with Crippen molar-refractivity contribution in [2.45, 2.75) is 19.1 Å². The summed E-state index contributed by atoms with van der Waals surface area (Å²) in [4.78, 5) is 16.2. The molecule has 29 heavy (non-hydrogen) atoms. The molecule has 1 atom stereocenters. The van der Waals surface area contributed by atoms with Crippen LogP contribution in [0.4, 0.5) is 0 Å². The summed E-state index contributed by atoms with van der Waals surface area (Å²) in [5.41, 5.74) is 2.23. The maximum atomic E-state index is 12.1. The Bertz CT molecular complexity index is 802. The van der Waals surface area contributed by atoms with Crippen LogP contribution in [0.3, 0.4) is 0 Å². The Hall–Kier alpha value is -2.49. The Morgan fingerprint density at radius 3 is 2.59 bits per heavy atom. The van der Waals surface area contributed by atoms with Gasteiger partial charge in [-0.1, -0.05) is 30.3 Å². The van der Waals surface area contributed by atoms with Crippen LogP contribution in [0.5, 0.6) is 11.5 Å². The van der Waals surface area contributed by atoms with Gasteiger partial charge in [0.15, 0.2) is 5.96 Å². The largest absolute Gasteiger partial charge is 0.497 e. The van der Waals surface area contributed by atoms with Crippen LogP contribution in [0.1, 0.15) is 11.1 Å². The minimum Gasteiger partial charge on any atom is -0.497 e. The van der Waals surface area contributed by atoms with Crippen molar-refractivity contribution in [3.05, 3.63) is 59.7 Å². The maximum Gasteiger partial charge on any atom is 0.239 e. The molecule has 0 bridgehead atoms. The lowest BCUT2D eigenvalue weighted by atomic mass is 10.1. The van der Waals surface area contributed by atoms with Crippen LogP contribution in [0.15, 0.2) is 53.5 Å². The van der Waals surface area contributed by atoms with E-state index in [-0.39, 0.29) is 42.5 Å². The lowest BCUT2D eigenvalue weighted by Crippen LogP contribution is -2.45. The molecule has 0 aromatic heterocycles. The minimum absolute atomic E-state index is 0. The number of hydrogen-bond donors (Lipinski definition) is 3. The summed E-state index contributed by atoms with van der Waals surface area (Å²) in [5.74, 6) is 2.19. The number of fused-ring (bicyclic) bond motifs is 1. The highest BCUT2D eigenvalue weighted by atomic mass is 127. The van der Waals surface area contributed by atoms with Crippen LogP contribution in [0, 0.1) is 0 Å². The van der Waals surface area contributed by atoms with Gasteiger partial charge in [-0.05, 0) is 29.3 Å². The van der Waals surface area contributed by atoms with Crippen molar-refractivity contribution in [3.8, 4) is 11.5 Å². The van der Waals surface area contributed by atoms with E-state index in [0.29, 0.717) is 19.0 Å². The van der Waals surface area contributed by atoms with Crippen molar-refractivity contribution in [2.75, 3.05) is 27.2 Å². The van der Waals surface area contributed by atoms with E-state index in [4.69, 9.17) is 9.47 Å². The van der Waals surface area contributed by atoms with Crippen molar-refractivity contribution in [1.82, 2.24) is 16.0 Å². The standard InChI is InChI=1S/C21H26N4O3.HI/c1-22-21(24-13-18-11-16-5-3-4-6-19(16)28-18)25-14-20(26)23-12-15-7-9-17(27-2)10-8-15;/h3-10,18H,11-14H2,1-2H3,(H,23,26)(H2,22,24,25);1H. The number of benzene rings is 2. The van der Waals surface area contributed by atoms with E-state index in [1.54, 1.807) is 14.2 Å². The lowest BCUT2D eigenvalue weighted by Gasteiger charge is -2.15. The molecule has 0 saturated carbocycles. The molecular formula is C21H27IN4O3. The van der Waals surface area contributed by atoms with Gasteiger partial charge in [0.05, 0.1) is 20.2 Å². The van der Waals surface area contributed by atoms with E-state index in [1.165, 1.54) is 5.56 Å². The van der Waals surface area contributed by atoms with Crippen LogP contribution in [0.25, 0.3) is 0 Å². The van der Waals surface area contributed by atoms with E-state index >= 15 is 0 Å². The maximum absolute atomic E-state index is 12.1. The Morgan fingerprint density at radius 2 is 1.90 bits per heavy atom. The first-order valence-electron chi connectivity index (χ1n) is 9.26. The summed E-state index contributed by atoms with van der Waals surface area (Å²) in [6, 6.07) is 15.6. The van der Waals surface area contributed by atoms with Gasteiger partial charge >= 0.3 is 0 Å². The SMILES string of the molecule is CN=C(NCC(=O)NCc1ccc(OC)cc1)NCC1Cc2ccccc2O1.I. The van der Waals surface area contributed by atoms with Gasteiger partial charge < -0.3 is 25.4 Å². The van der Waals surface area contributed by atoms with Gasteiger partial charge in [0.25, 0.3) is 0 Å². The number of hydrogen-bond acceptors (Lipinski definition) is 4. The number of aliphatic imine (C=N–C) groups is 1. The van der Waals surface area contributed by atoms with Gasteiger partial charge in [0, 0.05) is 20.0 Å². The summed E-state index contributed by atoms with van der Waals surface area (Å²) in [5, 5.41) is 9.10. The lowest BCUT2D eigenvalue weighted by molar-refractivity contribution is -0.120. The van der Waals surface area contributed by atoms with Crippen LogP contribution >= 0.6 is 24.0 Å². The number of amides is 1. The first kappa shape index (κ1) is 22.8. The second-order valence-corrected chi connectivity index (χ2v) is 6.48. The summed E-state index contributed by atoms with van der Waals surface area (Å²) < 4.78 is 11.0. The van der Waals surface area contributed by atoms with Gasteiger partial charge in [0.2, 0.25) is 5.91 Å². The number of halogens is 1. The molecule has 1 unspecified atom stereocenters. The van der Waals surface area contributed by atoms with E-state index in [1.807, 2.05) is 42.5 Å². The van der Waals surface area contributed by atoms with Crippen molar-refractivity contribution in [3.63, 3.8) is 0 Å². The van der Waals surface area contributed by atoms with Gasteiger partial charge in [-0.25, -0.2) is 0 Å². The van der Waals surface area contributed by atoms with Crippen molar-refractivity contribution >= 4 is 35.8 Å². The molecular weight excluding hydrogens is 483 g/mol. The highest BCUT2D eigenvalue weighted by molar-refractivity contribution is 14.0. The minimum atomic E-state index is -0.108. The number of methoxy groups -OCH3 is 1. The van der Waals surface area contributed by atoms with Crippen LogP contribution in [-0.2, 0) is 17.8 Å². The molecule has 3 rings (SSSR count). The molecule has 3 N–H and O–H groups in total. The summed E-state index contributed by atoms with van der Waals surface area (Å²) in [6.45, 7) is 1.22. The first-order chi connectivity index (χ1) is 13.7. The third-order valence-corrected chi connectivity index (χ3v) is 4.50. The number of carbonyl (C=O) groups excluding carboxylic acids is 1. The summed E-state index contributed by atoms with van der Waals surface area (Å²) in [7, 11) is 3.30. The van der Waals surface area contributed by atoms with Gasteiger partial charge in [-0.3, -0.25) is 9.79 Å². The predicted octanol–water partition coefficient (Wildman–Crippen LogP) is 2.10. The third-order valence-electron chi connectivity index (χ3n) is 4.50. The Balaban J connectivity index is 0.00000300. The average molecular weight is 510 g/mol. The zero-order chi connectivity index (χ0) is 19.8. The van der Waals surface area contributed by atoms with Crippen LogP contribution in [0.2, 0.25) is 0 Å². The Labute approximate surface area is 188 Å². The molecule has 8 heteroatoms. The molecule has 0 fully saturated rings. The molecule has 2 aromatic carbocycles.